The van der Waals surface area contributed by atoms with Crippen molar-refractivity contribution in [3.63, 3.8) is 0 Å². The average molecular weight is 312 g/mol. The van der Waals surface area contributed by atoms with Gasteiger partial charge in [0.2, 0.25) is 5.91 Å². The summed E-state index contributed by atoms with van der Waals surface area (Å²) in [5.41, 5.74) is 5.22. The Labute approximate surface area is 129 Å². The molecular weight excluding hydrogens is 288 g/mol. The van der Waals surface area contributed by atoms with Gasteiger partial charge in [0, 0.05) is 19.2 Å². The number of aromatic amines is 1. The van der Waals surface area contributed by atoms with Gasteiger partial charge >= 0.3 is 0 Å². The Kier molecular flexibility index (Phi) is 7.89. The number of carbonyl (C=O) groups is 1. The summed E-state index contributed by atoms with van der Waals surface area (Å²) in [6, 6.07) is 1.22. The van der Waals surface area contributed by atoms with Gasteiger partial charge in [0.15, 0.2) is 5.16 Å². The second-order valence-electron chi connectivity index (χ2n) is 4.85. The van der Waals surface area contributed by atoms with Gasteiger partial charge in [-0.15, -0.1) is 0 Å². The number of rotatable bonds is 9. The first kappa shape index (κ1) is 17.6. The van der Waals surface area contributed by atoms with E-state index >= 15 is 0 Å². The van der Waals surface area contributed by atoms with Crippen LogP contribution in [0, 0.1) is 0 Å². The Hall–Kier alpha value is -1.50. The van der Waals surface area contributed by atoms with E-state index < -0.39 is 0 Å². The average Bonchev–Trinajstić information content (AvgIpc) is 2.44. The Morgan fingerprint density at radius 2 is 1.95 bits per heavy atom. The molecule has 0 aliphatic rings. The molecule has 0 saturated heterocycles. The zero-order valence-electron chi connectivity index (χ0n) is 12.7. The number of nitrogens with one attached hydrogen (secondary N) is 1. The first-order valence-electron chi connectivity index (χ1n) is 7.34. The minimum Gasteiger partial charge on any atom is -0.383 e. The van der Waals surface area contributed by atoms with Crippen LogP contribution in [0.3, 0.4) is 0 Å². The highest BCUT2D eigenvalue weighted by atomic mass is 32.2. The number of carbonyl (C=O) groups excluding carboxylic acids is 1. The molecule has 6 nitrogen and oxygen atoms in total. The van der Waals surface area contributed by atoms with Crippen LogP contribution in [0.4, 0.5) is 5.82 Å². The number of H-pyrrole nitrogens is 1. The van der Waals surface area contributed by atoms with Crippen LogP contribution in [0.15, 0.2) is 16.0 Å². The van der Waals surface area contributed by atoms with Crippen LogP contribution in [0.1, 0.15) is 39.5 Å². The third-order valence-electron chi connectivity index (χ3n) is 2.99. The van der Waals surface area contributed by atoms with E-state index in [9.17, 15) is 9.59 Å². The maximum atomic E-state index is 12.3. The number of aromatic nitrogens is 2. The maximum absolute atomic E-state index is 12.3. The Morgan fingerprint density at radius 3 is 2.48 bits per heavy atom. The molecule has 0 bridgehead atoms. The molecule has 0 radical (unpaired) electrons. The number of hydrogen-bond donors (Lipinski definition) is 2. The van der Waals surface area contributed by atoms with Crippen molar-refractivity contribution in [3.05, 3.63) is 16.4 Å². The number of unbranched alkanes of at least 4 members (excludes halogenated alkanes) is 2. The molecule has 1 amide bonds. The molecule has 7 heteroatoms. The molecule has 0 unspecified atom stereocenters. The van der Waals surface area contributed by atoms with Crippen molar-refractivity contribution < 1.29 is 4.79 Å². The molecule has 1 aromatic heterocycles. The van der Waals surface area contributed by atoms with Gasteiger partial charge < -0.3 is 15.6 Å². The summed E-state index contributed by atoms with van der Waals surface area (Å²) in [6.45, 7) is 5.80. The van der Waals surface area contributed by atoms with Gasteiger partial charge in [-0.05, 0) is 12.8 Å². The smallest absolute Gasteiger partial charge is 0.253 e. The lowest BCUT2D eigenvalue weighted by molar-refractivity contribution is -0.128. The van der Waals surface area contributed by atoms with E-state index in [-0.39, 0.29) is 23.0 Å². The van der Waals surface area contributed by atoms with Crippen LogP contribution >= 0.6 is 11.8 Å². The third-order valence-corrected chi connectivity index (χ3v) is 3.85. The first-order chi connectivity index (χ1) is 10.1. The van der Waals surface area contributed by atoms with Crippen LogP contribution < -0.4 is 11.3 Å². The first-order valence-corrected chi connectivity index (χ1v) is 8.32. The Balaban J connectivity index is 2.57. The molecule has 0 fully saturated rings. The standard InChI is InChI=1S/C14H24N4O2S/c1-3-5-7-18(8-6-4-2)13(20)10-21-14-16-11(15)9-12(19)17-14/h9H,3-8,10H2,1-2H3,(H3,15,16,17,19). The lowest BCUT2D eigenvalue weighted by Crippen LogP contribution is -2.34. The lowest BCUT2D eigenvalue weighted by atomic mass is 10.2. The van der Waals surface area contributed by atoms with E-state index in [0.717, 1.165) is 38.8 Å². The number of amides is 1. The number of anilines is 1. The third kappa shape index (κ3) is 6.66. The summed E-state index contributed by atoms with van der Waals surface area (Å²) in [4.78, 5) is 32.0. The van der Waals surface area contributed by atoms with Crippen LogP contribution in [0.5, 0.6) is 0 Å². The number of nitrogens with zero attached hydrogens (tertiary/aromatic N) is 2. The molecule has 0 saturated carbocycles. The predicted octanol–water partition coefficient (Wildman–Crippen LogP) is 1.87. The van der Waals surface area contributed by atoms with Crippen molar-refractivity contribution in [2.24, 2.45) is 0 Å². The highest BCUT2D eigenvalue weighted by Crippen LogP contribution is 2.13. The SMILES string of the molecule is CCCCN(CCCC)C(=O)CSc1nc(N)cc(=O)[nH]1. The van der Waals surface area contributed by atoms with Crippen LogP contribution in [0.2, 0.25) is 0 Å². The predicted molar refractivity (Wildman–Crippen MR) is 86.4 cm³/mol. The molecule has 0 aliphatic heterocycles. The number of nitrogens with two attached hydrogens (primary N) is 1. The van der Waals surface area contributed by atoms with E-state index in [2.05, 4.69) is 23.8 Å². The van der Waals surface area contributed by atoms with Crippen LogP contribution in [0.25, 0.3) is 0 Å². The van der Waals surface area contributed by atoms with Gasteiger partial charge in [-0.2, -0.15) is 0 Å². The molecule has 0 atom stereocenters. The zero-order valence-corrected chi connectivity index (χ0v) is 13.5. The molecule has 118 valence electrons. The second kappa shape index (κ2) is 9.44. The van der Waals surface area contributed by atoms with Gasteiger partial charge in [0.1, 0.15) is 5.82 Å². The minimum absolute atomic E-state index is 0.0759. The summed E-state index contributed by atoms with van der Waals surface area (Å²) in [5, 5.41) is 0.388. The Morgan fingerprint density at radius 1 is 1.33 bits per heavy atom. The van der Waals surface area contributed by atoms with Gasteiger partial charge in [-0.25, -0.2) is 4.98 Å². The molecule has 21 heavy (non-hydrogen) atoms. The van der Waals surface area contributed by atoms with Crippen molar-refractivity contribution >= 4 is 23.5 Å². The van der Waals surface area contributed by atoms with E-state index in [1.807, 2.05) is 4.90 Å². The van der Waals surface area contributed by atoms with Crippen molar-refractivity contribution in [3.8, 4) is 0 Å². The molecule has 0 spiro atoms. The zero-order chi connectivity index (χ0) is 15.7. The topological polar surface area (TPSA) is 92.1 Å². The summed E-state index contributed by atoms with van der Waals surface area (Å²) < 4.78 is 0. The van der Waals surface area contributed by atoms with Gasteiger partial charge in [-0.1, -0.05) is 38.5 Å². The number of hydrogen-bond acceptors (Lipinski definition) is 5. The highest BCUT2D eigenvalue weighted by Gasteiger charge is 2.13. The summed E-state index contributed by atoms with van der Waals surface area (Å²) >= 11 is 1.21. The number of thioether (sulfide) groups is 1. The largest absolute Gasteiger partial charge is 0.383 e. The van der Waals surface area contributed by atoms with Crippen molar-refractivity contribution in [1.82, 2.24) is 14.9 Å². The summed E-state index contributed by atoms with van der Waals surface area (Å²) in [7, 11) is 0. The van der Waals surface area contributed by atoms with E-state index in [4.69, 9.17) is 5.73 Å². The molecule has 0 aliphatic carbocycles. The lowest BCUT2D eigenvalue weighted by Gasteiger charge is -2.22. The number of nitrogen functional groups attached to an aromatic ring is 1. The maximum Gasteiger partial charge on any atom is 0.253 e. The Bertz CT molecular complexity index is 496. The van der Waals surface area contributed by atoms with Crippen molar-refractivity contribution in [2.45, 2.75) is 44.7 Å². The van der Waals surface area contributed by atoms with Crippen molar-refractivity contribution in [2.75, 3.05) is 24.6 Å². The molecule has 0 aromatic carbocycles. The second-order valence-corrected chi connectivity index (χ2v) is 5.82. The molecule has 1 aromatic rings. The minimum atomic E-state index is -0.300. The molecule has 1 rings (SSSR count). The molecule has 3 N–H and O–H groups in total. The van der Waals surface area contributed by atoms with E-state index in [0.29, 0.717) is 5.16 Å². The van der Waals surface area contributed by atoms with Gasteiger partial charge in [-0.3, -0.25) is 9.59 Å². The van der Waals surface area contributed by atoms with E-state index in [1.165, 1.54) is 17.8 Å². The van der Waals surface area contributed by atoms with Crippen molar-refractivity contribution in [1.29, 1.82) is 0 Å². The molecule has 1 heterocycles. The van der Waals surface area contributed by atoms with Gasteiger partial charge in [0.25, 0.3) is 5.56 Å². The fraction of sp³-hybridized carbons (Fsp3) is 0.643. The fourth-order valence-corrected chi connectivity index (χ4v) is 2.59. The van der Waals surface area contributed by atoms with Crippen LogP contribution in [-0.4, -0.2) is 39.6 Å². The van der Waals surface area contributed by atoms with Crippen LogP contribution in [-0.2, 0) is 4.79 Å². The fourth-order valence-electron chi connectivity index (χ4n) is 1.80. The normalized spacial score (nSPS) is 10.6. The summed E-state index contributed by atoms with van der Waals surface area (Å²) in [5.74, 6) is 0.509. The van der Waals surface area contributed by atoms with Gasteiger partial charge in [0.05, 0.1) is 5.75 Å². The monoisotopic (exact) mass is 312 g/mol. The van der Waals surface area contributed by atoms with E-state index in [1.54, 1.807) is 0 Å². The highest BCUT2D eigenvalue weighted by molar-refractivity contribution is 7.99. The summed E-state index contributed by atoms with van der Waals surface area (Å²) in [6.07, 6.45) is 4.14. The quantitative estimate of drug-likeness (QED) is 0.536. The molecular formula is C14H24N4O2S.